The van der Waals surface area contributed by atoms with Gasteiger partial charge in [0.05, 0.1) is 53.8 Å². The van der Waals surface area contributed by atoms with Gasteiger partial charge in [0.25, 0.3) is 5.91 Å². The number of carbonyl (C=O) groups is 1. The van der Waals surface area contributed by atoms with Crippen molar-refractivity contribution in [1.29, 1.82) is 0 Å². The number of nitrogens with zero attached hydrogens (tertiary/aromatic N) is 7. The zero-order valence-electron chi connectivity index (χ0n) is 15.7. The summed E-state index contributed by atoms with van der Waals surface area (Å²) < 4.78 is 24.9. The molecule has 1 aromatic carbocycles. The van der Waals surface area contributed by atoms with Crippen LogP contribution in [0.1, 0.15) is 33.1 Å². The number of aromatic nitrogens is 7. The van der Waals surface area contributed by atoms with Crippen molar-refractivity contribution in [3.8, 4) is 0 Å². The molecular formula is C18H17FN8OS. The van der Waals surface area contributed by atoms with E-state index >= 15 is 0 Å². The lowest BCUT2D eigenvalue weighted by atomic mass is 10.2. The molecule has 0 atom stereocenters. The molecule has 0 fully saturated rings. The summed E-state index contributed by atoms with van der Waals surface area (Å²) in [5.74, 6) is -0.683. The molecule has 0 aliphatic carbocycles. The molecule has 0 aliphatic heterocycles. The summed E-state index contributed by atoms with van der Waals surface area (Å²) in [7, 11) is 0. The highest BCUT2D eigenvalue weighted by atomic mass is 32.1. The zero-order chi connectivity index (χ0) is 20.4. The summed E-state index contributed by atoms with van der Waals surface area (Å²) >= 11 is 1.14. The van der Waals surface area contributed by atoms with Crippen molar-refractivity contribution in [2.75, 3.05) is 5.32 Å². The van der Waals surface area contributed by atoms with Gasteiger partial charge in [0.2, 0.25) is 0 Å². The first-order chi connectivity index (χ1) is 14.0. The highest BCUT2D eigenvalue weighted by molar-refractivity contribution is 6.99. The van der Waals surface area contributed by atoms with Gasteiger partial charge >= 0.3 is 0 Å². The lowest BCUT2D eigenvalue weighted by Gasteiger charge is -2.03. The van der Waals surface area contributed by atoms with Crippen LogP contribution in [-0.2, 0) is 13.1 Å². The van der Waals surface area contributed by atoms with Crippen LogP contribution in [-0.4, -0.2) is 39.4 Å². The number of halogens is 1. The average Bonchev–Trinajstić information content (AvgIpc) is 3.38. The van der Waals surface area contributed by atoms with E-state index in [9.17, 15) is 9.18 Å². The topological polar surface area (TPSA) is 103 Å². The fraction of sp³-hybridized carbons (Fsp3) is 0.222. The van der Waals surface area contributed by atoms with E-state index in [2.05, 4.69) is 29.5 Å². The van der Waals surface area contributed by atoms with Crippen molar-refractivity contribution in [2.24, 2.45) is 0 Å². The van der Waals surface area contributed by atoms with Crippen molar-refractivity contribution in [3.05, 3.63) is 70.8 Å². The molecule has 1 N–H and O–H groups in total. The third-order valence-corrected chi connectivity index (χ3v) is 5.03. The van der Waals surface area contributed by atoms with Gasteiger partial charge < -0.3 is 5.32 Å². The molecular weight excluding hydrogens is 395 g/mol. The molecule has 0 radical (unpaired) electrons. The number of hydrogen-bond acceptors (Lipinski definition) is 7. The fourth-order valence-electron chi connectivity index (χ4n) is 2.78. The molecule has 11 heteroatoms. The molecule has 3 heterocycles. The Morgan fingerprint density at radius 2 is 2.10 bits per heavy atom. The number of aryl methyl sites for hydroxylation is 1. The lowest BCUT2D eigenvalue weighted by Crippen LogP contribution is -2.14. The Morgan fingerprint density at radius 1 is 1.24 bits per heavy atom. The van der Waals surface area contributed by atoms with Crippen molar-refractivity contribution >= 4 is 23.3 Å². The average molecular weight is 412 g/mol. The Balaban J connectivity index is 1.43. The standard InChI is InChI=1S/C18H17FN8OS/c1-11-16(24-29-23-11)10-27-12(2)17(22-25-27)18(28)21-15-7-20-26(9-15)8-13-4-3-5-14(19)6-13/h3-7,9H,8,10H2,1-2H3,(H,21,28). The van der Waals surface area contributed by atoms with Crippen LogP contribution in [0.15, 0.2) is 36.7 Å². The molecule has 9 nitrogen and oxygen atoms in total. The van der Waals surface area contributed by atoms with Crippen molar-refractivity contribution in [1.82, 2.24) is 33.5 Å². The van der Waals surface area contributed by atoms with E-state index in [1.54, 1.807) is 28.6 Å². The fourth-order valence-corrected chi connectivity index (χ4v) is 3.34. The van der Waals surface area contributed by atoms with Gasteiger partial charge in [-0.25, -0.2) is 9.07 Å². The third kappa shape index (κ3) is 4.19. The SMILES string of the molecule is Cc1nsnc1Cn1nnc(C(=O)Nc2cnn(Cc3cccc(F)c3)c2)c1C. The monoisotopic (exact) mass is 412 g/mol. The quantitative estimate of drug-likeness (QED) is 0.522. The molecule has 0 unspecified atom stereocenters. The van der Waals surface area contributed by atoms with Crippen molar-refractivity contribution in [2.45, 2.75) is 26.9 Å². The summed E-state index contributed by atoms with van der Waals surface area (Å²) in [6.07, 6.45) is 3.20. The highest BCUT2D eigenvalue weighted by Crippen LogP contribution is 2.13. The Hall–Kier alpha value is -3.47. The predicted molar refractivity (Wildman–Crippen MR) is 104 cm³/mol. The minimum atomic E-state index is -0.382. The first kappa shape index (κ1) is 18.9. The van der Waals surface area contributed by atoms with E-state index in [1.807, 2.05) is 13.0 Å². The van der Waals surface area contributed by atoms with Gasteiger partial charge in [-0.15, -0.1) is 5.10 Å². The summed E-state index contributed by atoms with van der Waals surface area (Å²) in [6, 6.07) is 6.29. The van der Waals surface area contributed by atoms with Crippen LogP contribution in [0.5, 0.6) is 0 Å². The number of amides is 1. The molecule has 4 aromatic rings. The maximum Gasteiger partial charge on any atom is 0.278 e. The molecule has 0 aliphatic rings. The van der Waals surface area contributed by atoms with Gasteiger partial charge in [0.15, 0.2) is 5.69 Å². The molecule has 29 heavy (non-hydrogen) atoms. The second kappa shape index (κ2) is 7.87. The van der Waals surface area contributed by atoms with Crippen LogP contribution in [0.2, 0.25) is 0 Å². The summed E-state index contributed by atoms with van der Waals surface area (Å²) in [6.45, 7) is 4.45. The molecule has 0 saturated heterocycles. The number of nitrogens with one attached hydrogen (secondary N) is 1. The van der Waals surface area contributed by atoms with Crippen LogP contribution in [0.4, 0.5) is 10.1 Å². The number of carbonyl (C=O) groups excluding carboxylic acids is 1. The smallest absolute Gasteiger partial charge is 0.278 e. The second-order valence-electron chi connectivity index (χ2n) is 6.49. The number of rotatable bonds is 6. The van der Waals surface area contributed by atoms with E-state index in [0.29, 0.717) is 24.5 Å². The van der Waals surface area contributed by atoms with Gasteiger partial charge in [0.1, 0.15) is 5.82 Å². The first-order valence-electron chi connectivity index (χ1n) is 8.76. The Bertz CT molecular complexity index is 1160. The Morgan fingerprint density at radius 3 is 2.86 bits per heavy atom. The van der Waals surface area contributed by atoms with E-state index in [-0.39, 0.29) is 17.4 Å². The second-order valence-corrected chi connectivity index (χ2v) is 7.02. The third-order valence-electron chi connectivity index (χ3n) is 4.37. The summed E-state index contributed by atoms with van der Waals surface area (Å²) in [4.78, 5) is 12.6. The highest BCUT2D eigenvalue weighted by Gasteiger charge is 2.18. The van der Waals surface area contributed by atoms with E-state index in [0.717, 1.165) is 28.7 Å². The van der Waals surface area contributed by atoms with Crippen molar-refractivity contribution in [3.63, 3.8) is 0 Å². The molecule has 0 bridgehead atoms. The summed E-state index contributed by atoms with van der Waals surface area (Å²) in [5.41, 5.74) is 3.78. The maximum atomic E-state index is 13.3. The molecule has 0 spiro atoms. The molecule has 0 saturated carbocycles. The normalized spacial score (nSPS) is 11.0. The lowest BCUT2D eigenvalue weighted by molar-refractivity contribution is 0.102. The van der Waals surface area contributed by atoms with Crippen LogP contribution in [0.25, 0.3) is 0 Å². The summed E-state index contributed by atoms with van der Waals surface area (Å²) in [5, 5.41) is 15.0. The molecule has 4 rings (SSSR count). The number of anilines is 1. The minimum absolute atomic E-state index is 0.226. The van der Waals surface area contributed by atoms with Gasteiger partial charge in [-0.1, -0.05) is 17.3 Å². The Labute approximate surface area is 169 Å². The van der Waals surface area contributed by atoms with Gasteiger partial charge in [-0.2, -0.15) is 13.8 Å². The maximum absolute atomic E-state index is 13.3. The van der Waals surface area contributed by atoms with Crippen molar-refractivity contribution < 1.29 is 9.18 Å². The van der Waals surface area contributed by atoms with Gasteiger partial charge in [0, 0.05) is 6.20 Å². The zero-order valence-corrected chi connectivity index (χ0v) is 16.5. The van der Waals surface area contributed by atoms with Gasteiger partial charge in [-0.3, -0.25) is 9.48 Å². The molecule has 3 aromatic heterocycles. The van der Waals surface area contributed by atoms with E-state index < -0.39 is 0 Å². The number of hydrogen-bond donors (Lipinski definition) is 1. The van der Waals surface area contributed by atoms with E-state index in [4.69, 9.17) is 0 Å². The largest absolute Gasteiger partial charge is 0.318 e. The first-order valence-corrected chi connectivity index (χ1v) is 9.49. The van der Waals surface area contributed by atoms with Gasteiger partial charge in [-0.05, 0) is 31.5 Å². The van der Waals surface area contributed by atoms with Crippen LogP contribution >= 0.6 is 11.7 Å². The molecule has 1 amide bonds. The van der Waals surface area contributed by atoms with Crippen LogP contribution in [0.3, 0.4) is 0 Å². The Kier molecular flexibility index (Phi) is 5.12. The number of benzene rings is 1. The predicted octanol–water partition coefficient (Wildman–Crippen LogP) is 2.43. The van der Waals surface area contributed by atoms with E-state index in [1.165, 1.54) is 18.3 Å². The molecule has 148 valence electrons. The van der Waals surface area contributed by atoms with Crippen LogP contribution in [0, 0.1) is 19.7 Å². The van der Waals surface area contributed by atoms with Crippen LogP contribution < -0.4 is 5.32 Å². The minimum Gasteiger partial charge on any atom is -0.318 e.